The summed E-state index contributed by atoms with van der Waals surface area (Å²) in [5.74, 6) is -0.270. The van der Waals surface area contributed by atoms with Crippen LogP contribution in [0.2, 0.25) is 0 Å². The van der Waals surface area contributed by atoms with Crippen molar-refractivity contribution in [2.75, 3.05) is 19.8 Å². The number of aliphatic hydroxyl groups excluding tert-OH is 1. The predicted molar refractivity (Wildman–Crippen MR) is 90.1 cm³/mol. The molecular weight excluding hydrogens is 308 g/mol. The van der Waals surface area contributed by atoms with Gasteiger partial charge in [-0.1, -0.05) is 18.2 Å². The Hall–Kier alpha value is -2.28. The normalized spacial score (nSPS) is 16.7. The topological polar surface area (TPSA) is 80.7 Å². The Morgan fingerprint density at radius 3 is 2.92 bits per heavy atom. The maximum absolute atomic E-state index is 12.1. The number of nitrogens with one attached hydrogen (secondary N) is 1. The van der Waals surface area contributed by atoms with Gasteiger partial charge in [-0.3, -0.25) is 9.78 Å². The van der Waals surface area contributed by atoms with Crippen LogP contribution in [-0.2, 0) is 14.3 Å². The van der Waals surface area contributed by atoms with E-state index in [1.807, 2.05) is 30.3 Å². The SMILES string of the molecule is O=C(/C=C/c1ccnc2ccccc12)NC(CO)CC1OCCO1. The summed E-state index contributed by atoms with van der Waals surface area (Å²) in [5.41, 5.74) is 1.79. The van der Waals surface area contributed by atoms with E-state index in [-0.39, 0.29) is 18.8 Å². The molecule has 0 radical (unpaired) electrons. The Kier molecular flexibility index (Phi) is 5.53. The largest absolute Gasteiger partial charge is 0.394 e. The van der Waals surface area contributed by atoms with Crippen LogP contribution in [0.15, 0.2) is 42.6 Å². The van der Waals surface area contributed by atoms with Gasteiger partial charge in [0.15, 0.2) is 6.29 Å². The highest BCUT2D eigenvalue weighted by atomic mass is 16.7. The Morgan fingerprint density at radius 2 is 2.12 bits per heavy atom. The van der Waals surface area contributed by atoms with Crippen LogP contribution in [0.1, 0.15) is 12.0 Å². The lowest BCUT2D eigenvalue weighted by molar-refractivity contribution is -0.118. The van der Waals surface area contributed by atoms with Gasteiger partial charge in [-0.15, -0.1) is 0 Å². The summed E-state index contributed by atoms with van der Waals surface area (Å²) in [6.45, 7) is 0.929. The average Bonchev–Trinajstić information content (AvgIpc) is 3.12. The second-order valence-corrected chi connectivity index (χ2v) is 5.55. The zero-order valence-electron chi connectivity index (χ0n) is 13.2. The molecule has 2 heterocycles. The van der Waals surface area contributed by atoms with Crippen molar-refractivity contribution in [2.45, 2.75) is 18.8 Å². The molecule has 1 amide bonds. The van der Waals surface area contributed by atoms with Crippen molar-refractivity contribution in [1.29, 1.82) is 0 Å². The molecule has 1 aromatic carbocycles. The Labute approximate surface area is 140 Å². The Morgan fingerprint density at radius 1 is 1.33 bits per heavy atom. The molecule has 0 bridgehead atoms. The van der Waals surface area contributed by atoms with Gasteiger partial charge in [-0.25, -0.2) is 0 Å². The lowest BCUT2D eigenvalue weighted by Crippen LogP contribution is -2.39. The number of carbonyl (C=O) groups excluding carboxylic acids is 1. The molecule has 1 aliphatic rings. The van der Waals surface area contributed by atoms with E-state index >= 15 is 0 Å². The van der Waals surface area contributed by atoms with E-state index in [2.05, 4.69) is 10.3 Å². The maximum Gasteiger partial charge on any atom is 0.244 e. The number of amides is 1. The van der Waals surface area contributed by atoms with Gasteiger partial charge < -0.3 is 19.9 Å². The van der Waals surface area contributed by atoms with Gasteiger partial charge in [0.05, 0.1) is 31.4 Å². The van der Waals surface area contributed by atoms with Crippen molar-refractivity contribution >= 4 is 22.9 Å². The number of aliphatic hydroxyl groups is 1. The number of fused-ring (bicyclic) bond motifs is 1. The molecule has 2 N–H and O–H groups in total. The minimum Gasteiger partial charge on any atom is -0.394 e. The number of hydrogen-bond acceptors (Lipinski definition) is 5. The van der Waals surface area contributed by atoms with E-state index in [1.54, 1.807) is 12.3 Å². The molecule has 126 valence electrons. The highest BCUT2D eigenvalue weighted by Crippen LogP contribution is 2.17. The maximum atomic E-state index is 12.1. The number of aromatic nitrogens is 1. The third kappa shape index (κ3) is 4.17. The zero-order chi connectivity index (χ0) is 16.8. The smallest absolute Gasteiger partial charge is 0.244 e. The molecule has 3 rings (SSSR count). The monoisotopic (exact) mass is 328 g/mol. The average molecular weight is 328 g/mol. The van der Waals surface area contributed by atoms with Gasteiger partial charge in [0.1, 0.15) is 0 Å². The number of nitrogens with zero attached hydrogens (tertiary/aromatic N) is 1. The summed E-state index contributed by atoms with van der Waals surface area (Å²) >= 11 is 0. The van der Waals surface area contributed by atoms with Crippen molar-refractivity contribution in [3.63, 3.8) is 0 Å². The fourth-order valence-electron chi connectivity index (χ4n) is 2.63. The van der Waals surface area contributed by atoms with Gasteiger partial charge in [-0.05, 0) is 23.8 Å². The van der Waals surface area contributed by atoms with E-state index < -0.39 is 6.04 Å². The van der Waals surface area contributed by atoms with Crippen molar-refractivity contribution in [3.05, 3.63) is 48.2 Å². The standard InChI is InChI=1S/C18H20N2O4/c21-12-14(11-18-23-9-10-24-18)20-17(22)6-5-13-7-8-19-16-4-2-1-3-15(13)16/h1-8,14,18,21H,9-12H2,(H,20,22)/b6-5+. The van der Waals surface area contributed by atoms with Crippen LogP contribution in [0.3, 0.4) is 0 Å². The summed E-state index contributed by atoms with van der Waals surface area (Å²) in [7, 11) is 0. The Balaban J connectivity index is 1.63. The molecule has 0 spiro atoms. The molecule has 0 aliphatic carbocycles. The Bertz CT molecular complexity index is 721. The van der Waals surface area contributed by atoms with Crippen LogP contribution in [0, 0.1) is 0 Å². The first-order valence-electron chi connectivity index (χ1n) is 7.92. The number of benzene rings is 1. The van der Waals surface area contributed by atoms with Crippen LogP contribution in [0.25, 0.3) is 17.0 Å². The molecule has 1 atom stereocenters. The first-order valence-corrected chi connectivity index (χ1v) is 7.92. The van der Waals surface area contributed by atoms with Crippen LogP contribution < -0.4 is 5.32 Å². The van der Waals surface area contributed by atoms with Gasteiger partial charge in [-0.2, -0.15) is 0 Å². The highest BCUT2D eigenvalue weighted by Gasteiger charge is 2.21. The van der Waals surface area contributed by atoms with Crippen molar-refractivity contribution in [3.8, 4) is 0 Å². The van der Waals surface area contributed by atoms with Crippen LogP contribution >= 0.6 is 0 Å². The number of carbonyl (C=O) groups is 1. The minimum absolute atomic E-state index is 0.166. The van der Waals surface area contributed by atoms with E-state index in [4.69, 9.17) is 9.47 Å². The molecule has 1 saturated heterocycles. The molecular formula is C18H20N2O4. The molecule has 24 heavy (non-hydrogen) atoms. The third-order valence-electron chi connectivity index (χ3n) is 3.83. The molecule has 1 fully saturated rings. The third-order valence-corrected chi connectivity index (χ3v) is 3.83. The number of ether oxygens (including phenoxy) is 2. The lowest BCUT2D eigenvalue weighted by Gasteiger charge is -2.18. The van der Waals surface area contributed by atoms with Gasteiger partial charge in [0, 0.05) is 24.1 Å². The molecule has 2 aromatic rings. The van der Waals surface area contributed by atoms with Crippen LogP contribution in [0.5, 0.6) is 0 Å². The van der Waals surface area contributed by atoms with Gasteiger partial charge in [0.25, 0.3) is 0 Å². The van der Waals surface area contributed by atoms with Gasteiger partial charge in [0.2, 0.25) is 5.91 Å². The second kappa shape index (κ2) is 8.01. The zero-order valence-corrected chi connectivity index (χ0v) is 13.2. The minimum atomic E-state index is -0.403. The van der Waals surface area contributed by atoms with E-state index in [9.17, 15) is 9.90 Å². The van der Waals surface area contributed by atoms with E-state index in [1.165, 1.54) is 6.08 Å². The second-order valence-electron chi connectivity index (χ2n) is 5.55. The summed E-state index contributed by atoms with van der Waals surface area (Å²) in [5, 5.41) is 13.1. The van der Waals surface area contributed by atoms with Crippen molar-refractivity contribution in [1.82, 2.24) is 10.3 Å². The molecule has 1 unspecified atom stereocenters. The lowest BCUT2D eigenvalue weighted by atomic mass is 10.1. The fourth-order valence-corrected chi connectivity index (χ4v) is 2.63. The van der Waals surface area contributed by atoms with Crippen molar-refractivity contribution < 1.29 is 19.4 Å². The molecule has 1 aliphatic heterocycles. The van der Waals surface area contributed by atoms with E-state index in [0.717, 1.165) is 16.5 Å². The number of hydrogen-bond donors (Lipinski definition) is 2. The molecule has 6 nitrogen and oxygen atoms in total. The first-order chi connectivity index (χ1) is 11.8. The quantitative estimate of drug-likeness (QED) is 0.785. The molecule has 1 aromatic heterocycles. The van der Waals surface area contributed by atoms with Gasteiger partial charge >= 0.3 is 0 Å². The summed E-state index contributed by atoms with van der Waals surface area (Å²) in [6, 6.07) is 9.20. The van der Waals surface area contributed by atoms with Crippen LogP contribution in [-0.4, -0.2) is 48.2 Å². The predicted octanol–water partition coefficient (Wildman–Crippen LogP) is 1.49. The fraction of sp³-hybridized carbons (Fsp3) is 0.333. The summed E-state index contributed by atoms with van der Waals surface area (Å²) in [4.78, 5) is 16.4. The first kappa shape index (κ1) is 16.6. The number of pyridine rings is 1. The number of rotatable bonds is 6. The summed E-state index contributed by atoms with van der Waals surface area (Å²) in [6.07, 6.45) is 4.98. The molecule has 0 saturated carbocycles. The molecule has 6 heteroatoms. The van der Waals surface area contributed by atoms with E-state index in [0.29, 0.717) is 19.6 Å². The summed E-state index contributed by atoms with van der Waals surface area (Å²) < 4.78 is 10.7. The number of para-hydroxylation sites is 1. The van der Waals surface area contributed by atoms with Crippen molar-refractivity contribution in [2.24, 2.45) is 0 Å². The van der Waals surface area contributed by atoms with Crippen LogP contribution in [0.4, 0.5) is 0 Å². The highest BCUT2D eigenvalue weighted by molar-refractivity contribution is 5.95.